The molecule has 5 nitrogen and oxygen atoms in total. The Morgan fingerprint density at radius 2 is 2.04 bits per heavy atom. The quantitative estimate of drug-likeness (QED) is 0.677. The highest BCUT2D eigenvalue weighted by Crippen LogP contribution is 2.39. The van der Waals surface area contributed by atoms with Crippen LogP contribution in [0.4, 0.5) is 0 Å². The van der Waals surface area contributed by atoms with E-state index in [1.54, 1.807) is 0 Å². The summed E-state index contributed by atoms with van der Waals surface area (Å²) < 4.78 is 5.56. The molecule has 0 aliphatic heterocycles. The van der Waals surface area contributed by atoms with Crippen molar-refractivity contribution in [3.8, 4) is 0 Å². The molecule has 1 aromatic heterocycles. The second-order valence-electron chi connectivity index (χ2n) is 6.36. The molecule has 0 radical (unpaired) electrons. The van der Waals surface area contributed by atoms with Crippen molar-refractivity contribution in [2.75, 3.05) is 5.75 Å². The largest absolute Gasteiger partial charge is 0.416 e. The Morgan fingerprint density at radius 3 is 2.84 bits per heavy atom. The van der Waals surface area contributed by atoms with Gasteiger partial charge in [-0.25, -0.2) is 0 Å². The Balaban J connectivity index is 1.33. The van der Waals surface area contributed by atoms with E-state index in [0.29, 0.717) is 17.0 Å². The van der Waals surface area contributed by atoms with Gasteiger partial charge < -0.3 is 9.73 Å². The molecular weight excluding hydrogens is 334 g/mol. The van der Waals surface area contributed by atoms with Gasteiger partial charge in [0.05, 0.1) is 11.8 Å². The van der Waals surface area contributed by atoms with E-state index >= 15 is 0 Å². The van der Waals surface area contributed by atoms with Crippen molar-refractivity contribution < 1.29 is 9.21 Å². The van der Waals surface area contributed by atoms with E-state index < -0.39 is 0 Å². The summed E-state index contributed by atoms with van der Waals surface area (Å²) in [5.41, 5.74) is 1.09. The van der Waals surface area contributed by atoms with Crippen molar-refractivity contribution in [2.24, 2.45) is 0 Å². The highest BCUT2D eigenvalue weighted by Gasteiger charge is 2.29. The van der Waals surface area contributed by atoms with Gasteiger partial charge in [-0.3, -0.25) is 4.79 Å². The zero-order chi connectivity index (χ0) is 17.2. The molecule has 1 amide bonds. The van der Waals surface area contributed by atoms with Gasteiger partial charge in [-0.05, 0) is 42.2 Å². The summed E-state index contributed by atoms with van der Waals surface area (Å²) in [6.07, 6.45) is 2.24. The molecule has 0 spiro atoms. The highest BCUT2D eigenvalue weighted by molar-refractivity contribution is 7.99. The Hall–Kier alpha value is -2.34. The lowest BCUT2D eigenvalue weighted by Gasteiger charge is -2.14. The number of thioether (sulfide) groups is 1. The van der Waals surface area contributed by atoms with Crippen LogP contribution >= 0.6 is 11.8 Å². The molecule has 4 rings (SSSR count). The van der Waals surface area contributed by atoms with Gasteiger partial charge in [0.15, 0.2) is 0 Å². The SMILES string of the molecule is C[C@H](NC(=O)CSc1nnc(C2CC2)o1)c1ccc2ccccc2c1. The molecule has 0 bridgehead atoms. The number of nitrogens with one attached hydrogen (secondary N) is 1. The third-order valence-electron chi connectivity index (χ3n) is 4.33. The van der Waals surface area contributed by atoms with Crippen molar-refractivity contribution in [3.05, 3.63) is 53.9 Å². The lowest BCUT2D eigenvalue weighted by atomic mass is 10.0. The number of nitrogens with zero attached hydrogens (tertiary/aromatic N) is 2. The molecule has 2 aromatic carbocycles. The number of rotatable bonds is 6. The summed E-state index contributed by atoms with van der Waals surface area (Å²) in [6, 6.07) is 14.4. The van der Waals surface area contributed by atoms with Crippen LogP contribution in [0, 0.1) is 0 Å². The molecule has 6 heteroatoms. The summed E-state index contributed by atoms with van der Waals surface area (Å²) in [5.74, 6) is 1.36. The molecule has 1 heterocycles. The number of carbonyl (C=O) groups is 1. The predicted molar refractivity (Wildman–Crippen MR) is 97.5 cm³/mol. The number of hydrogen-bond donors (Lipinski definition) is 1. The number of aromatic nitrogens is 2. The molecule has 3 aromatic rings. The first kappa shape index (κ1) is 16.1. The predicted octanol–water partition coefficient (Wildman–Crippen LogP) is 4.07. The Labute approximate surface area is 150 Å². The average molecular weight is 353 g/mol. The lowest BCUT2D eigenvalue weighted by molar-refractivity contribution is -0.119. The molecule has 1 atom stereocenters. The van der Waals surface area contributed by atoms with Crippen molar-refractivity contribution >= 4 is 28.4 Å². The maximum Gasteiger partial charge on any atom is 0.277 e. The second-order valence-corrected chi connectivity index (χ2v) is 7.29. The van der Waals surface area contributed by atoms with Crippen LogP contribution in [0.5, 0.6) is 0 Å². The van der Waals surface area contributed by atoms with Gasteiger partial charge >= 0.3 is 0 Å². The van der Waals surface area contributed by atoms with Gasteiger partial charge in [-0.15, -0.1) is 10.2 Å². The number of fused-ring (bicyclic) bond motifs is 1. The van der Waals surface area contributed by atoms with Crippen molar-refractivity contribution in [1.29, 1.82) is 0 Å². The molecule has 1 saturated carbocycles. The summed E-state index contributed by atoms with van der Waals surface area (Å²) >= 11 is 1.28. The minimum absolute atomic E-state index is 0.0446. The number of carbonyl (C=O) groups excluding carboxylic acids is 1. The zero-order valence-electron chi connectivity index (χ0n) is 13.9. The first-order valence-electron chi connectivity index (χ1n) is 8.43. The van der Waals surface area contributed by atoms with Gasteiger partial charge in [-0.2, -0.15) is 0 Å². The third kappa shape index (κ3) is 3.85. The molecule has 0 saturated heterocycles. The van der Waals surface area contributed by atoms with E-state index in [1.807, 2.05) is 19.1 Å². The van der Waals surface area contributed by atoms with Gasteiger partial charge in [0.25, 0.3) is 5.22 Å². The molecule has 1 N–H and O–H groups in total. The fourth-order valence-corrected chi connectivity index (χ4v) is 3.33. The summed E-state index contributed by atoms with van der Waals surface area (Å²) in [7, 11) is 0. The van der Waals surface area contributed by atoms with Crippen LogP contribution in [-0.2, 0) is 4.79 Å². The molecule has 1 fully saturated rings. The van der Waals surface area contributed by atoms with E-state index in [4.69, 9.17) is 4.42 Å². The van der Waals surface area contributed by atoms with Gasteiger partial charge in [-0.1, -0.05) is 48.2 Å². The number of hydrogen-bond acceptors (Lipinski definition) is 5. The first-order chi connectivity index (χ1) is 12.2. The minimum atomic E-state index is -0.0533. The third-order valence-corrected chi connectivity index (χ3v) is 5.14. The van der Waals surface area contributed by atoms with Crippen molar-refractivity contribution in [3.63, 3.8) is 0 Å². The van der Waals surface area contributed by atoms with Gasteiger partial charge in [0, 0.05) is 5.92 Å². The first-order valence-corrected chi connectivity index (χ1v) is 9.42. The average Bonchev–Trinajstić information content (AvgIpc) is 3.38. The lowest BCUT2D eigenvalue weighted by Crippen LogP contribution is -2.28. The monoisotopic (exact) mass is 353 g/mol. The topological polar surface area (TPSA) is 68.0 Å². The summed E-state index contributed by atoms with van der Waals surface area (Å²) in [4.78, 5) is 12.2. The van der Waals surface area contributed by atoms with Crippen LogP contribution in [0.2, 0.25) is 0 Å². The molecule has 128 valence electrons. The Morgan fingerprint density at radius 1 is 1.24 bits per heavy atom. The number of amides is 1. The van der Waals surface area contributed by atoms with Crippen LogP contribution in [0.25, 0.3) is 10.8 Å². The minimum Gasteiger partial charge on any atom is -0.416 e. The summed E-state index contributed by atoms with van der Waals surface area (Å²) in [5, 5.41) is 13.9. The zero-order valence-corrected chi connectivity index (χ0v) is 14.8. The van der Waals surface area contributed by atoms with Crippen LogP contribution in [0.3, 0.4) is 0 Å². The standard InChI is InChI=1S/C19H19N3O2S/c1-12(15-9-6-13-4-2-3-5-16(13)10-15)20-17(23)11-25-19-22-21-18(24-19)14-7-8-14/h2-6,9-10,12,14H,7-8,11H2,1H3,(H,20,23)/t12-/m0/s1. The Bertz CT molecular complexity index is 904. The fourth-order valence-electron chi connectivity index (χ4n) is 2.74. The normalized spacial score (nSPS) is 15.2. The molecule has 1 aliphatic carbocycles. The second kappa shape index (κ2) is 6.88. The van der Waals surface area contributed by atoms with Gasteiger partial charge in [0.2, 0.25) is 11.8 Å². The van der Waals surface area contributed by atoms with Crippen molar-refractivity contribution in [2.45, 2.75) is 36.9 Å². The maximum absolute atomic E-state index is 12.2. The van der Waals surface area contributed by atoms with Crippen LogP contribution < -0.4 is 5.32 Å². The van der Waals surface area contributed by atoms with E-state index in [1.165, 1.54) is 22.5 Å². The van der Waals surface area contributed by atoms with E-state index in [9.17, 15) is 4.79 Å². The highest BCUT2D eigenvalue weighted by atomic mass is 32.2. The van der Waals surface area contributed by atoms with E-state index in [-0.39, 0.29) is 17.7 Å². The molecule has 25 heavy (non-hydrogen) atoms. The molecule has 1 aliphatic rings. The van der Waals surface area contributed by atoms with E-state index in [2.05, 4.69) is 45.8 Å². The smallest absolute Gasteiger partial charge is 0.277 e. The van der Waals surface area contributed by atoms with Gasteiger partial charge in [0.1, 0.15) is 0 Å². The van der Waals surface area contributed by atoms with E-state index in [0.717, 1.165) is 18.4 Å². The van der Waals surface area contributed by atoms with Crippen LogP contribution in [0.15, 0.2) is 52.1 Å². The summed E-state index contributed by atoms with van der Waals surface area (Å²) in [6.45, 7) is 1.99. The number of benzene rings is 2. The molecular formula is C19H19N3O2S. The Kier molecular flexibility index (Phi) is 4.44. The molecule has 0 unspecified atom stereocenters. The maximum atomic E-state index is 12.2. The fraction of sp³-hybridized carbons (Fsp3) is 0.316. The van der Waals surface area contributed by atoms with Crippen molar-refractivity contribution in [1.82, 2.24) is 15.5 Å². The van der Waals surface area contributed by atoms with Crippen LogP contribution in [0.1, 0.15) is 43.2 Å². The van der Waals surface area contributed by atoms with Crippen LogP contribution in [-0.4, -0.2) is 21.9 Å².